The molecule has 8 heteroatoms. The molecule has 0 aliphatic carbocycles. The fraction of sp³-hybridized carbons (Fsp3) is 0.192. The number of carbonyl (C=O) groups is 2. The Hall–Kier alpha value is -3.68. The minimum absolute atomic E-state index is 0. The normalized spacial score (nSPS) is 11.6. The van der Waals surface area contributed by atoms with Crippen LogP contribution in [0.4, 0.5) is 0 Å². The molecule has 176 valence electrons. The van der Waals surface area contributed by atoms with E-state index in [0.29, 0.717) is 0 Å². The van der Waals surface area contributed by atoms with Gasteiger partial charge in [0.25, 0.3) is 5.91 Å². The molecule has 0 bridgehead atoms. The van der Waals surface area contributed by atoms with Crippen molar-refractivity contribution in [3.8, 4) is 0 Å². The number of aliphatic hydroxyl groups is 1. The van der Waals surface area contributed by atoms with Gasteiger partial charge in [-0.1, -0.05) is 72.8 Å². The lowest BCUT2D eigenvalue weighted by Crippen LogP contribution is -3.00. The van der Waals surface area contributed by atoms with Gasteiger partial charge in [0.05, 0.1) is 13.7 Å². The van der Waals surface area contributed by atoms with Crippen molar-refractivity contribution in [3.05, 3.63) is 102 Å². The maximum absolute atomic E-state index is 12.7. The van der Waals surface area contributed by atoms with Crippen LogP contribution in [0.25, 0.3) is 11.0 Å². The Bertz CT molecular complexity index is 1210. The van der Waals surface area contributed by atoms with Gasteiger partial charge < -0.3 is 27.6 Å². The number of aromatic nitrogens is 2. The predicted molar refractivity (Wildman–Crippen MR) is 123 cm³/mol. The molecule has 1 heterocycles. The topological polar surface area (TPSA) is 84.4 Å². The summed E-state index contributed by atoms with van der Waals surface area (Å²) in [6.45, 7) is -0.549. The molecule has 4 aromatic rings. The van der Waals surface area contributed by atoms with Gasteiger partial charge in [0, 0.05) is 11.1 Å². The van der Waals surface area contributed by atoms with Crippen LogP contribution in [0.1, 0.15) is 17.2 Å². The first-order valence-electron chi connectivity index (χ1n) is 10.7. The molecular weight excluding hydrogens is 454 g/mol. The molecule has 0 aliphatic rings. The number of para-hydroxylation sites is 2. The number of aliphatic hydroxyl groups excluding tert-OH is 1. The lowest BCUT2D eigenvalue weighted by molar-refractivity contribution is -0.659. The van der Waals surface area contributed by atoms with Gasteiger partial charge in [0.2, 0.25) is 6.33 Å². The summed E-state index contributed by atoms with van der Waals surface area (Å²) in [7, 11) is 1.22. The van der Waals surface area contributed by atoms with E-state index < -0.39 is 24.5 Å². The molecule has 2 N–H and O–H groups in total. The molecule has 1 aromatic heterocycles. The Morgan fingerprint density at radius 1 is 0.941 bits per heavy atom. The molecule has 1 amide bonds. The zero-order valence-electron chi connectivity index (χ0n) is 18.7. The Balaban J connectivity index is 0.00000324. The number of imidazole rings is 1. The van der Waals surface area contributed by atoms with Crippen molar-refractivity contribution in [1.29, 1.82) is 0 Å². The quantitative estimate of drug-likeness (QED) is 0.256. The van der Waals surface area contributed by atoms with Crippen LogP contribution in [-0.4, -0.2) is 41.3 Å². The number of methoxy groups -OCH3 is 1. The molecule has 4 rings (SSSR count). The smallest absolute Gasteiger partial charge is 0.330 e. The summed E-state index contributed by atoms with van der Waals surface area (Å²) in [5.41, 5.74) is 4.08. The van der Waals surface area contributed by atoms with Gasteiger partial charge in [-0.05, 0) is 12.1 Å². The summed E-state index contributed by atoms with van der Waals surface area (Å²) >= 11 is 0. The number of esters is 1. The van der Waals surface area contributed by atoms with Crippen molar-refractivity contribution in [2.75, 3.05) is 13.7 Å². The maximum atomic E-state index is 12.7. The fourth-order valence-corrected chi connectivity index (χ4v) is 4.03. The molecule has 1 atom stereocenters. The van der Waals surface area contributed by atoms with Gasteiger partial charge in [-0.2, -0.15) is 0 Å². The van der Waals surface area contributed by atoms with E-state index >= 15 is 0 Å². The molecule has 0 spiro atoms. The summed E-state index contributed by atoms with van der Waals surface area (Å²) in [6, 6.07) is 27.1. The van der Waals surface area contributed by atoms with Crippen molar-refractivity contribution < 1.29 is 36.4 Å². The second-order valence-electron chi connectivity index (χ2n) is 7.69. The van der Waals surface area contributed by atoms with Crippen LogP contribution in [0.5, 0.6) is 0 Å². The number of fused-ring (bicyclic) bond motifs is 1. The second kappa shape index (κ2) is 11.4. The van der Waals surface area contributed by atoms with Crippen LogP contribution in [-0.2, 0) is 20.9 Å². The fourth-order valence-electron chi connectivity index (χ4n) is 4.03. The number of ether oxygens (including phenoxy) is 1. The van der Waals surface area contributed by atoms with Gasteiger partial charge in [-0.25, -0.2) is 13.9 Å². The van der Waals surface area contributed by atoms with Crippen molar-refractivity contribution in [2.24, 2.45) is 0 Å². The summed E-state index contributed by atoms with van der Waals surface area (Å²) in [5, 5.41) is 12.0. The van der Waals surface area contributed by atoms with Crippen molar-refractivity contribution in [2.45, 2.75) is 18.6 Å². The highest BCUT2D eigenvalue weighted by Crippen LogP contribution is 2.29. The van der Waals surface area contributed by atoms with Gasteiger partial charge >= 0.3 is 5.97 Å². The second-order valence-corrected chi connectivity index (χ2v) is 7.69. The third-order valence-electron chi connectivity index (χ3n) is 5.56. The lowest BCUT2D eigenvalue weighted by atomic mass is 9.98. The number of carbonyl (C=O) groups excluding carboxylic acids is 2. The average Bonchev–Trinajstić information content (AvgIpc) is 3.21. The van der Waals surface area contributed by atoms with Crippen LogP contribution < -0.4 is 22.3 Å². The number of rotatable bonds is 8. The van der Waals surface area contributed by atoms with Crippen LogP contribution in [0.15, 0.2) is 91.3 Å². The molecule has 3 aromatic carbocycles. The predicted octanol–water partition coefficient (Wildman–Crippen LogP) is -0.779. The van der Waals surface area contributed by atoms with E-state index in [1.54, 1.807) is 0 Å². The maximum Gasteiger partial charge on any atom is 0.330 e. The van der Waals surface area contributed by atoms with E-state index in [0.717, 1.165) is 22.2 Å². The van der Waals surface area contributed by atoms with Gasteiger partial charge in [0.1, 0.15) is 0 Å². The number of amides is 1. The van der Waals surface area contributed by atoms with Crippen LogP contribution in [0, 0.1) is 0 Å². The van der Waals surface area contributed by atoms with Crippen molar-refractivity contribution in [1.82, 2.24) is 9.88 Å². The third-order valence-corrected chi connectivity index (χ3v) is 5.56. The summed E-state index contributed by atoms with van der Waals surface area (Å²) < 4.78 is 8.63. The van der Waals surface area contributed by atoms with E-state index in [4.69, 9.17) is 0 Å². The molecule has 34 heavy (non-hydrogen) atoms. The summed E-state index contributed by atoms with van der Waals surface area (Å²) in [4.78, 5) is 24.4. The highest BCUT2D eigenvalue weighted by Gasteiger charge is 2.28. The molecule has 0 aliphatic heterocycles. The first kappa shape index (κ1) is 25.0. The minimum atomic E-state index is -1.10. The lowest BCUT2D eigenvalue weighted by Gasteiger charge is -2.15. The Morgan fingerprint density at radius 2 is 1.50 bits per heavy atom. The third kappa shape index (κ3) is 5.27. The van der Waals surface area contributed by atoms with E-state index in [2.05, 4.69) is 38.9 Å². The zero-order valence-corrected chi connectivity index (χ0v) is 19.4. The standard InChI is InChI=1S/C26H25N3O4.ClH/c1-33-26(32)21(17-30)27-24(31)16-28-18-29(23-15-9-8-14-22(23)28)25(19-10-4-2-5-11-19)20-12-6-3-7-13-20;/h2-15,18,21,25,30H,16-17H2,1H3;1H/t21-;/m0./s1. The van der Waals surface area contributed by atoms with E-state index in [1.165, 1.54) is 7.11 Å². The van der Waals surface area contributed by atoms with E-state index in [1.807, 2.05) is 71.6 Å². The number of nitrogens with zero attached hydrogens (tertiary/aromatic N) is 2. The van der Waals surface area contributed by atoms with Crippen LogP contribution in [0.2, 0.25) is 0 Å². The number of halogens is 1. The molecule has 0 unspecified atom stereocenters. The van der Waals surface area contributed by atoms with Gasteiger partial charge in [-0.3, -0.25) is 4.79 Å². The Kier molecular flexibility index (Phi) is 8.40. The first-order valence-corrected chi connectivity index (χ1v) is 10.7. The number of benzene rings is 3. The number of nitrogens with one attached hydrogen (secondary N) is 1. The van der Waals surface area contributed by atoms with Gasteiger partial charge in [0.15, 0.2) is 29.7 Å². The molecule has 0 fully saturated rings. The number of hydrogen-bond acceptors (Lipinski definition) is 4. The highest BCUT2D eigenvalue weighted by molar-refractivity contribution is 5.84. The molecule has 7 nitrogen and oxygen atoms in total. The summed E-state index contributed by atoms with van der Waals surface area (Å²) in [5.74, 6) is -1.09. The highest BCUT2D eigenvalue weighted by atomic mass is 35.5. The van der Waals surface area contributed by atoms with Crippen molar-refractivity contribution >= 4 is 22.9 Å². The van der Waals surface area contributed by atoms with Crippen LogP contribution in [0.3, 0.4) is 0 Å². The number of hydrogen-bond donors (Lipinski definition) is 2. The first-order chi connectivity index (χ1) is 16.1. The SMILES string of the molecule is COC(=O)[C@H](CO)NC(=O)C[n+]1cn(C(c2ccccc2)c2ccccc2)c2ccccc21.[Cl-]. The average molecular weight is 480 g/mol. The summed E-state index contributed by atoms with van der Waals surface area (Å²) in [6.07, 6.45) is 1.92. The molecule has 0 saturated carbocycles. The molecule has 0 radical (unpaired) electrons. The molecular formula is C26H26ClN3O4. The largest absolute Gasteiger partial charge is 1.00 e. The molecule has 0 saturated heterocycles. The Morgan fingerprint density at radius 3 is 2.06 bits per heavy atom. The van der Waals surface area contributed by atoms with Gasteiger partial charge in [-0.15, -0.1) is 0 Å². The van der Waals surface area contributed by atoms with E-state index in [-0.39, 0.29) is 25.0 Å². The monoisotopic (exact) mass is 479 g/mol. The zero-order chi connectivity index (χ0) is 23.2. The van der Waals surface area contributed by atoms with E-state index in [9.17, 15) is 14.7 Å². The van der Waals surface area contributed by atoms with Crippen LogP contribution >= 0.6 is 0 Å². The minimum Gasteiger partial charge on any atom is -1.00 e. The Labute approximate surface area is 204 Å². The van der Waals surface area contributed by atoms with Crippen molar-refractivity contribution in [3.63, 3.8) is 0 Å².